The highest BCUT2D eigenvalue weighted by atomic mass is 16.2. The van der Waals surface area contributed by atoms with Crippen LogP contribution in [0.1, 0.15) is 39.5 Å². The maximum atomic E-state index is 12.3. The first-order valence-corrected chi connectivity index (χ1v) is 6.69. The summed E-state index contributed by atoms with van der Waals surface area (Å²) in [7, 11) is 1.64. The van der Waals surface area contributed by atoms with Gasteiger partial charge >= 0.3 is 0 Å². The van der Waals surface area contributed by atoms with Gasteiger partial charge in [-0.25, -0.2) is 0 Å². The second-order valence-electron chi connectivity index (χ2n) is 5.04. The van der Waals surface area contributed by atoms with Gasteiger partial charge in [-0.05, 0) is 38.7 Å². The molecule has 1 fully saturated rings. The lowest BCUT2D eigenvalue weighted by molar-refractivity contribution is -0.142. The third-order valence-electron chi connectivity index (χ3n) is 3.71. The SMILES string of the molecule is C=CC(=O)N(C)CC(=O)N1[C@H](CC)CCC[C@@H]1C. The standard InChI is InChI=1S/C14H24N2O2/c1-5-12-9-7-8-11(3)16(12)14(18)10-15(4)13(17)6-2/h6,11-12H,2,5,7-10H2,1,3-4H3/t11-,12+/m0/s1. The number of likely N-dealkylation sites (tertiary alicyclic amines) is 1. The van der Waals surface area contributed by atoms with Crippen LogP contribution >= 0.6 is 0 Å². The Balaban J connectivity index is 2.68. The maximum Gasteiger partial charge on any atom is 0.246 e. The van der Waals surface area contributed by atoms with E-state index >= 15 is 0 Å². The molecule has 0 unspecified atom stereocenters. The molecule has 102 valence electrons. The first-order chi connectivity index (χ1) is 8.51. The molecule has 1 aliphatic heterocycles. The van der Waals surface area contributed by atoms with Crippen LogP contribution in [-0.2, 0) is 9.59 Å². The van der Waals surface area contributed by atoms with Crippen molar-refractivity contribution in [3.63, 3.8) is 0 Å². The zero-order valence-corrected chi connectivity index (χ0v) is 11.7. The van der Waals surface area contributed by atoms with Gasteiger partial charge in [-0.2, -0.15) is 0 Å². The molecule has 2 atom stereocenters. The zero-order chi connectivity index (χ0) is 13.7. The fourth-order valence-electron chi connectivity index (χ4n) is 2.66. The lowest BCUT2D eigenvalue weighted by atomic mass is 9.94. The molecule has 1 aliphatic rings. The van der Waals surface area contributed by atoms with E-state index in [2.05, 4.69) is 20.4 Å². The van der Waals surface area contributed by atoms with Gasteiger partial charge in [0.05, 0.1) is 6.54 Å². The van der Waals surface area contributed by atoms with Crippen LogP contribution in [0.15, 0.2) is 12.7 Å². The number of piperidine rings is 1. The van der Waals surface area contributed by atoms with Crippen LogP contribution in [-0.4, -0.2) is 47.3 Å². The Labute approximate surface area is 110 Å². The minimum absolute atomic E-state index is 0.0479. The van der Waals surface area contributed by atoms with Gasteiger partial charge in [0, 0.05) is 19.1 Å². The fraction of sp³-hybridized carbons (Fsp3) is 0.714. The van der Waals surface area contributed by atoms with Gasteiger partial charge in [-0.1, -0.05) is 13.5 Å². The van der Waals surface area contributed by atoms with Crippen molar-refractivity contribution in [1.29, 1.82) is 0 Å². The highest BCUT2D eigenvalue weighted by Gasteiger charge is 2.31. The lowest BCUT2D eigenvalue weighted by Crippen LogP contribution is -2.52. The molecule has 0 aromatic heterocycles. The minimum atomic E-state index is -0.207. The molecular weight excluding hydrogens is 228 g/mol. The fourth-order valence-corrected chi connectivity index (χ4v) is 2.66. The summed E-state index contributed by atoms with van der Waals surface area (Å²) in [5.74, 6) is -0.159. The number of hydrogen-bond donors (Lipinski definition) is 0. The third kappa shape index (κ3) is 3.34. The Morgan fingerprint density at radius 3 is 2.67 bits per heavy atom. The van der Waals surface area contributed by atoms with Crippen molar-refractivity contribution in [3.05, 3.63) is 12.7 Å². The van der Waals surface area contributed by atoms with Crippen molar-refractivity contribution in [2.75, 3.05) is 13.6 Å². The molecular formula is C14H24N2O2. The van der Waals surface area contributed by atoms with Gasteiger partial charge in [0.1, 0.15) is 0 Å². The van der Waals surface area contributed by atoms with Gasteiger partial charge in [-0.15, -0.1) is 0 Å². The molecule has 0 aromatic rings. The van der Waals surface area contributed by atoms with Crippen LogP contribution in [0.25, 0.3) is 0 Å². The molecule has 0 aliphatic carbocycles. The summed E-state index contributed by atoms with van der Waals surface area (Å²) < 4.78 is 0. The number of hydrogen-bond acceptors (Lipinski definition) is 2. The first-order valence-electron chi connectivity index (χ1n) is 6.69. The molecule has 1 rings (SSSR count). The molecule has 1 heterocycles. The van der Waals surface area contributed by atoms with Gasteiger partial charge in [0.2, 0.25) is 11.8 Å². The number of nitrogens with zero attached hydrogens (tertiary/aromatic N) is 2. The largest absolute Gasteiger partial charge is 0.335 e. The molecule has 4 nitrogen and oxygen atoms in total. The van der Waals surface area contributed by atoms with Crippen LogP contribution in [0.5, 0.6) is 0 Å². The normalized spacial score (nSPS) is 23.6. The van der Waals surface area contributed by atoms with Crippen LogP contribution < -0.4 is 0 Å². The highest BCUT2D eigenvalue weighted by molar-refractivity contribution is 5.90. The average Bonchev–Trinajstić information content (AvgIpc) is 2.36. The van der Waals surface area contributed by atoms with E-state index in [1.807, 2.05) is 4.90 Å². The Kier molecular flexibility index (Phi) is 5.38. The smallest absolute Gasteiger partial charge is 0.246 e. The van der Waals surface area contributed by atoms with E-state index in [1.54, 1.807) is 7.05 Å². The minimum Gasteiger partial charge on any atom is -0.335 e. The highest BCUT2D eigenvalue weighted by Crippen LogP contribution is 2.24. The lowest BCUT2D eigenvalue weighted by Gasteiger charge is -2.41. The van der Waals surface area contributed by atoms with E-state index in [9.17, 15) is 9.59 Å². The second kappa shape index (κ2) is 6.57. The van der Waals surface area contributed by atoms with Crippen molar-refractivity contribution in [1.82, 2.24) is 9.80 Å². The van der Waals surface area contributed by atoms with Crippen molar-refractivity contribution in [3.8, 4) is 0 Å². The van der Waals surface area contributed by atoms with Gasteiger partial charge in [-0.3, -0.25) is 9.59 Å². The van der Waals surface area contributed by atoms with E-state index in [0.29, 0.717) is 6.04 Å². The van der Waals surface area contributed by atoms with Crippen LogP contribution in [0.2, 0.25) is 0 Å². The molecule has 0 saturated carbocycles. The number of likely N-dealkylation sites (N-methyl/N-ethyl adjacent to an activating group) is 1. The average molecular weight is 252 g/mol. The number of rotatable bonds is 4. The Morgan fingerprint density at radius 1 is 1.44 bits per heavy atom. The summed E-state index contributed by atoms with van der Waals surface area (Å²) in [5, 5.41) is 0. The molecule has 0 radical (unpaired) electrons. The molecule has 0 N–H and O–H groups in total. The van der Waals surface area contributed by atoms with Gasteiger partial charge in [0.15, 0.2) is 0 Å². The van der Waals surface area contributed by atoms with Crippen molar-refractivity contribution >= 4 is 11.8 Å². The molecule has 4 heteroatoms. The molecule has 2 amide bonds. The Morgan fingerprint density at radius 2 is 2.11 bits per heavy atom. The number of amides is 2. The van der Waals surface area contributed by atoms with Crippen LogP contribution in [0.4, 0.5) is 0 Å². The van der Waals surface area contributed by atoms with Crippen molar-refractivity contribution in [2.45, 2.75) is 51.6 Å². The van der Waals surface area contributed by atoms with Crippen molar-refractivity contribution < 1.29 is 9.59 Å². The predicted molar refractivity (Wildman–Crippen MR) is 72.1 cm³/mol. The monoisotopic (exact) mass is 252 g/mol. The van der Waals surface area contributed by atoms with Crippen LogP contribution in [0.3, 0.4) is 0 Å². The Bertz CT molecular complexity index is 328. The molecule has 18 heavy (non-hydrogen) atoms. The van der Waals surface area contributed by atoms with E-state index < -0.39 is 0 Å². The zero-order valence-electron chi connectivity index (χ0n) is 11.7. The predicted octanol–water partition coefficient (Wildman–Crippen LogP) is 1.81. The van der Waals surface area contributed by atoms with E-state index in [1.165, 1.54) is 17.4 Å². The topological polar surface area (TPSA) is 40.6 Å². The van der Waals surface area contributed by atoms with Crippen molar-refractivity contribution in [2.24, 2.45) is 0 Å². The molecule has 1 saturated heterocycles. The summed E-state index contributed by atoms with van der Waals surface area (Å²) in [6.07, 6.45) is 5.54. The summed E-state index contributed by atoms with van der Waals surface area (Å²) in [5.41, 5.74) is 0. The molecule has 0 aromatic carbocycles. The molecule has 0 bridgehead atoms. The summed E-state index contributed by atoms with van der Waals surface area (Å²) >= 11 is 0. The quantitative estimate of drug-likeness (QED) is 0.716. The second-order valence-corrected chi connectivity index (χ2v) is 5.04. The third-order valence-corrected chi connectivity index (χ3v) is 3.71. The van der Waals surface area contributed by atoms with E-state index in [4.69, 9.17) is 0 Å². The summed E-state index contributed by atoms with van der Waals surface area (Å²) in [4.78, 5) is 27.1. The van der Waals surface area contributed by atoms with Gasteiger partial charge in [0.25, 0.3) is 0 Å². The van der Waals surface area contributed by atoms with E-state index in [0.717, 1.165) is 19.3 Å². The van der Waals surface area contributed by atoms with E-state index in [-0.39, 0.29) is 24.4 Å². The number of carbonyl (C=O) groups is 2. The van der Waals surface area contributed by atoms with Crippen LogP contribution in [0, 0.1) is 0 Å². The Hall–Kier alpha value is -1.32. The maximum absolute atomic E-state index is 12.3. The first kappa shape index (κ1) is 14.7. The van der Waals surface area contributed by atoms with Gasteiger partial charge < -0.3 is 9.80 Å². The summed E-state index contributed by atoms with van der Waals surface area (Å²) in [6, 6.07) is 0.608. The number of carbonyl (C=O) groups excluding carboxylic acids is 2. The summed E-state index contributed by atoms with van der Waals surface area (Å²) in [6.45, 7) is 7.78. The molecule has 0 spiro atoms.